The van der Waals surface area contributed by atoms with Gasteiger partial charge in [0, 0.05) is 7.11 Å². The summed E-state index contributed by atoms with van der Waals surface area (Å²) in [6.07, 6.45) is 0. The monoisotopic (exact) mass is 400 g/mol. The second-order valence-electron chi connectivity index (χ2n) is 5.41. The van der Waals surface area contributed by atoms with E-state index in [1.165, 1.54) is 32.4 Å². The molecular weight excluding hydrogens is 372 g/mol. The van der Waals surface area contributed by atoms with E-state index in [1.807, 2.05) is 0 Å². The average Bonchev–Trinajstić information content (AvgIpc) is 2.73. The first-order chi connectivity index (χ1) is 13.6. The summed E-state index contributed by atoms with van der Waals surface area (Å²) in [5.41, 5.74) is 0.393. The Hall–Kier alpha value is -2.20. The summed E-state index contributed by atoms with van der Waals surface area (Å²) in [5, 5.41) is 0. The molecule has 0 aromatic heterocycles. The number of methoxy groups -OCH3 is 3. The van der Waals surface area contributed by atoms with E-state index >= 15 is 0 Å². The van der Waals surface area contributed by atoms with Gasteiger partial charge in [0.25, 0.3) is 0 Å². The van der Waals surface area contributed by atoms with Gasteiger partial charge in [-0.05, 0) is 18.2 Å². The van der Waals surface area contributed by atoms with E-state index in [0.717, 1.165) is 0 Å². The molecule has 9 nitrogen and oxygen atoms in total. The summed E-state index contributed by atoms with van der Waals surface area (Å²) in [4.78, 5) is 23.4. The molecule has 0 saturated carbocycles. The topological polar surface area (TPSA) is 98.8 Å². The molecule has 0 heterocycles. The largest absolute Gasteiger partial charge is 0.491 e. The summed E-state index contributed by atoms with van der Waals surface area (Å²) in [6.45, 7) is 3.52. The van der Waals surface area contributed by atoms with Crippen LogP contribution < -0.4 is 4.74 Å². The van der Waals surface area contributed by atoms with Gasteiger partial charge in [0.2, 0.25) is 0 Å². The molecule has 0 amide bonds. The van der Waals surface area contributed by atoms with Gasteiger partial charge in [-0.3, -0.25) is 0 Å². The van der Waals surface area contributed by atoms with Gasteiger partial charge in [-0.25, -0.2) is 9.59 Å². The fraction of sp³-hybridized carbons (Fsp3) is 0.579. The third-order valence-corrected chi connectivity index (χ3v) is 3.42. The standard InChI is InChI=1S/C19H28O9/c1-22-4-5-25-6-7-26-8-9-27-10-11-28-17-13-15(18(20)23-2)12-16(14-17)19(21)24-3/h12-14H,4-11H2,1-3H3. The molecule has 0 unspecified atom stereocenters. The first kappa shape index (κ1) is 23.8. The van der Waals surface area contributed by atoms with Crippen LogP contribution in [-0.2, 0) is 28.4 Å². The van der Waals surface area contributed by atoms with E-state index in [-0.39, 0.29) is 17.7 Å². The van der Waals surface area contributed by atoms with Crippen LogP contribution in [0.5, 0.6) is 5.75 Å². The molecule has 9 heteroatoms. The average molecular weight is 400 g/mol. The fourth-order valence-electron chi connectivity index (χ4n) is 2.06. The highest BCUT2D eigenvalue weighted by Crippen LogP contribution is 2.19. The minimum Gasteiger partial charge on any atom is -0.491 e. The van der Waals surface area contributed by atoms with E-state index in [1.54, 1.807) is 7.11 Å². The number of esters is 2. The number of benzene rings is 1. The first-order valence-electron chi connectivity index (χ1n) is 8.79. The Balaban J connectivity index is 2.27. The van der Waals surface area contributed by atoms with Crippen molar-refractivity contribution in [3.05, 3.63) is 29.3 Å². The molecule has 1 rings (SSSR count). The lowest BCUT2D eigenvalue weighted by Crippen LogP contribution is -2.14. The summed E-state index contributed by atoms with van der Waals surface area (Å²) in [5.74, 6) is -0.804. The van der Waals surface area contributed by atoms with Crippen molar-refractivity contribution >= 4 is 11.9 Å². The molecule has 1 aromatic carbocycles. The Labute approximate surface area is 164 Å². The van der Waals surface area contributed by atoms with Gasteiger partial charge in [-0.2, -0.15) is 0 Å². The molecule has 1 aromatic rings. The van der Waals surface area contributed by atoms with Crippen molar-refractivity contribution < 1.29 is 42.7 Å². The van der Waals surface area contributed by atoms with Crippen LogP contribution in [0.2, 0.25) is 0 Å². The third-order valence-electron chi connectivity index (χ3n) is 3.42. The van der Waals surface area contributed by atoms with E-state index in [0.29, 0.717) is 52.0 Å². The number of hydrogen-bond acceptors (Lipinski definition) is 9. The van der Waals surface area contributed by atoms with Crippen LogP contribution in [0.1, 0.15) is 20.7 Å². The van der Waals surface area contributed by atoms with Gasteiger partial charge in [0.1, 0.15) is 12.4 Å². The lowest BCUT2D eigenvalue weighted by atomic mass is 10.1. The van der Waals surface area contributed by atoms with Crippen LogP contribution in [0.3, 0.4) is 0 Å². The molecular formula is C19H28O9. The van der Waals surface area contributed by atoms with Crippen LogP contribution in [0.15, 0.2) is 18.2 Å². The fourth-order valence-corrected chi connectivity index (χ4v) is 2.06. The number of rotatable bonds is 15. The van der Waals surface area contributed by atoms with Crippen LogP contribution in [0.4, 0.5) is 0 Å². The molecule has 0 aliphatic heterocycles. The summed E-state index contributed by atoms with van der Waals surface area (Å²) >= 11 is 0. The van der Waals surface area contributed by atoms with Gasteiger partial charge in [-0.1, -0.05) is 0 Å². The predicted octanol–water partition coefficient (Wildman–Crippen LogP) is 1.33. The maximum Gasteiger partial charge on any atom is 0.338 e. The Morgan fingerprint density at radius 3 is 1.50 bits per heavy atom. The molecule has 0 aliphatic carbocycles. The Bertz CT molecular complexity index is 555. The Morgan fingerprint density at radius 2 is 1.07 bits per heavy atom. The highest BCUT2D eigenvalue weighted by atomic mass is 16.6. The van der Waals surface area contributed by atoms with Crippen molar-refractivity contribution in [3.8, 4) is 5.75 Å². The van der Waals surface area contributed by atoms with Crippen LogP contribution in [0.25, 0.3) is 0 Å². The van der Waals surface area contributed by atoms with Crippen LogP contribution in [-0.4, -0.2) is 86.1 Å². The van der Waals surface area contributed by atoms with Crippen molar-refractivity contribution in [2.24, 2.45) is 0 Å². The first-order valence-corrected chi connectivity index (χ1v) is 8.79. The molecule has 0 atom stereocenters. The van der Waals surface area contributed by atoms with Gasteiger partial charge >= 0.3 is 11.9 Å². The molecule has 0 fully saturated rings. The zero-order chi connectivity index (χ0) is 20.6. The molecule has 158 valence electrons. The van der Waals surface area contributed by atoms with Crippen molar-refractivity contribution in [2.75, 3.05) is 74.2 Å². The molecule has 0 bridgehead atoms. The van der Waals surface area contributed by atoms with Crippen molar-refractivity contribution in [3.63, 3.8) is 0 Å². The summed E-state index contributed by atoms with van der Waals surface area (Å²) in [7, 11) is 4.14. The SMILES string of the molecule is COCCOCCOCCOCCOc1cc(C(=O)OC)cc(C(=O)OC)c1. The minimum absolute atomic E-state index is 0.197. The number of carbonyl (C=O) groups excluding carboxylic acids is 2. The molecule has 0 spiro atoms. The van der Waals surface area contributed by atoms with Crippen molar-refractivity contribution in [1.82, 2.24) is 0 Å². The molecule has 0 aliphatic rings. The van der Waals surface area contributed by atoms with E-state index in [9.17, 15) is 9.59 Å². The molecule has 0 N–H and O–H groups in total. The molecule has 0 radical (unpaired) electrons. The maximum absolute atomic E-state index is 11.7. The van der Waals surface area contributed by atoms with E-state index in [4.69, 9.17) is 23.7 Å². The Morgan fingerprint density at radius 1 is 0.643 bits per heavy atom. The van der Waals surface area contributed by atoms with Gasteiger partial charge in [0.15, 0.2) is 0 Å². The molecule has 0 saturated heterocycles. The highest BCUT2D eigenvalue weighted by molar-refractivity contribution is 5.96. The normalized spacial score (nSPS) is 10.5. The maximum atomic E-state index is 11.7. The smallest absolute Gasteiger partial charge is 0.338 e. The number of ether oxygens (including phenoxy) is 7. The Kier molecular flexibility index (Phi) is 12.6. The van der Waals surface area contributed by atoms with Crippen LogP contribution in [0, 0.1) is 0 Å². The number of carbonyl (C=O) groups is 2. The van der Waals surface area contributed by atoms with Crippen molar-refractivity contribution in [1.29, 1.82) is 0 Å². The predicted molar refractivity (Wildman–Crippen MR) is 98.9 cm³/mol. The number of hydrogen-bond donors (Lipinski definition) is 0. The zero-order valence-electron chi connectivity index (χ0n) is 16.6. The second kappa shape index (κ2) is 14.8. The lowest BCUT2D eigenvalue weighted by molar-refractivity contribution is 0.000155. The quantitative estimate of drug-likeness (QED) is 0.319. The van der Waals surface area contributed by atoms with E-state index in [2.05, 4.69) is 9.47 Å². The van der Waals surface area contributed by atoms with Crippen molar-refractivity contribution in [2.45, 2.75) is 0 Å². The van der Waals surface area contributed by atoms with Crippen LogP contribution >= 0.6 is 0 Å². The lowest BCUT2D eigenvalue weighted by Gasteiger charge is -2.10. The van der Waals surface area contributed by atoms with Gasteiger partial charge in [0.05, 0.1) is 71.6 Å². The van der Waals surface area contributed by atoms with Gasteiger partial charge in [-0.15, -0.1) is 0 Å². The zero-order valence-corrected chi connectivity index (χ0v) is 16.6. The van der Waals surface area contributed by atoms with Gasteiger partial charge < -0.3 is 33.2 Å². The second-order valence-corrected chi connectivity index (χ2v) is 5.41. The van der Waals surface area contributed by atoms with E-state index < -0.39 is 11.9 Å². The summed E-state index contributed by atoms with van der Waals surface area (Å²) < 4.78 is 35.8. The third kappa shape index (κ3) is 9.65. The summed E-state index contributed by atoms with van der Waals surface area (Å²) in [6, 6.07) is 4.37. The minimum atomic E-state index is -0.574. The highest BCUT2D eigenvalue weighted by Gasteiger charge is 2.14. The molecule has 28 heavy (non-hydrogen) atoms.